The zero-order valence-corrected chi connectivity index (χ0v) is 11.1. The molecule has 0 unspecified atom stereocenters. The molecule has 0 bridgehead atoms. The summed E-state index contributed by atoms with van der Waals surface area (Å²) in [6, 6.07) is 16.8. The van der Waals surface area contributed by atoms with Gasteiger partial charge in [-0.15, -0.1) is 0 Å². The minimum Gasteiger partial charge on any atom is -0.361 e. The van der Waals surface area contributed by atoms with Gasteiger partial charge in [0.2, 0.25) is 0 Å². The van der Waals surface area contributed by atoms with Crippen LogP contribution in [0.15, 0.2) is 60.8 Å². The van der Waals surface area contributed by atoms with Gasteiger partial charge in [-0.1, -0.05) is 49.4 Å². The first-order chi connectivity index (χ1) is 9.35. The van der Waals surface area contributed by atoms with Crippen LogP contribution < -0.4 is 5.32 Å². The summed E-state index contributed by atoms with van der Waals surface area (Å²) in [5, 5.41) is 10.2. The molecule has 0 saturated carbocycles. The van der Waals surface area contributed by atoms with E-state index in [1.54, 1.807) is 12.3 Å². The summed E-state index contributed by atoms with van der Waals surface area (Å²) in [4.78, 5) is 0. The van der Waals surface area contributed by atoms with Crippen LogP contribution >= 0.6 is 0 Å². The number of rotatable bonds is 5. The number of anilines is 1. The molecule has 0 atom stereocenters. The molecule has 0 aliphatic heterocycles. The molecule has 2 aromatic rings. The fraction of sp³-hybridized carbons (Fsp3) is 0.118. The fourth-order valence-corrected chi connectivity index (χ4v) is 1.97. The summed E-state index contributed by atoms with van der Waals surface area (Å²) in [6.07, 6.45) is 5.75. The largest absolute Gasteiger partial charge is 0.361 e. The molecular formula is C17H18N2. The number of nitrogens with one attached hydrogen (secondary N) is 2. The predicted molar refractivity (Wildman–Crippen MR) is 82.8 cm³/mol. The maximum absolute atomic E-state index is 6.98. The lowest BCUT2D eigenvalue weighted by Gasteiger charge is -2.10. The summed E-state index contributed by atoms with van der Waals surface area (Å²) >= 11 is 0. The van der Waals surface area contributed by atoms with Gasteiger partial charge in [-0.3, -0.25) is 0 Å². The van der Waals surface area contributed by atoms with Gasteiger partial charge in [0.05, 0.1) is 0 Å². The van der Waals surface area contributed by atoms with Crippen LogP contribution in [0.5, 0.6) is 0 Å². The Hall–Kier alpha value is -2.35. The maximum Gasteiger partial charge on any atom is 0.0459 e. The van der Waals surface area contributed by atoms with Crippen LogP contribution in [0.3, 0.4) is 0 Å². The van der Waals surface area contributed by atoms with E-state index in [0.29, 0.717) is 0 Å². The van der Waals surface area contributed by atoms with Crippen molar-refractivity contribution in [1.29, 1.82) is 5.41 Å². The van der Waals surface area contributed by atoms with E-state index in [0.717, 1.165) is 12.1 Å². The Morgan fingerprint density at radius 3 is 2.47 bits per heavy atom. The van der Waals surface area contributed by atoms with Crippen LogP contribution in [0.4, 0.5) is 5.69 Å². The molecule has 0 heterocycles. The predicted octanol–water partition coefficient (Wildman–Crippen LogP) is 4.49. The fourth-order valence-electron chi connectivity index (χ4n) is 1.97. The topological polar surface area (TPSA) is 35.9 Å². The molecule has 96 valence electrons. The van der Waals surface area contributed by atoms with Gasteiger partial charge in [0.25, 0.3) is 0 Å². The molecule has 0 radical (unpaired) electrons. The van der Waals surface area contributed by atoms with Crippen LogP contribution in [-0.4, -0.2) is 6.21 Å². The van der Waals surface area contributed by atoms with E-state index in [2.05, 4.69) is 42.6 Å². The molecule has 2 N–H and O–H groups in total. The lowest BCUT2D eigenvalue weighted by Crippen LogP contribution is -1.91. The molecule has 0 amide bonds. The number of allylic oxidation sites excluding steroid dienone is 1. The first-order valence-electron chi connectivity index (χ1n) is 6.45. The van der Waals surface area contributed by atoms with Crippen molar-refractivity contribution in [2.45, 2.75) is 13.3 Å². The van der Waals surface area contributed by atoms with E-state index in [1.165, 1.54) is 22.9 Å². The molecule has 2 heteroatoms. The normalized spacial score (nSPS) is 10.6. The lowest BCUT2D eigenvalue weighted by molar-refractivity contribution is 1.14. The van der Waals surface area contributed by atoms with E-state index in [4.69, 9.17) is 5.41 Å². The first-order valence-corrected chi connectivity index (χ1v) is 6.45. The van der Waals surface area contributed by atoms with Crippen molar-refractivity contribution in [3.63, 3.8) is 0 Å². The Morgan fingerprint density at radius 1 is 1.05 bits per heavy atom. The zero-order valence-electron chi connectivity index (χ0n) is 11.1. The minimum atomic E-state index is 1.05. The van der Waals surface area contributed by atoms with Crippen LogP contribution in [0, 0.1) is 5.41 Å². The van der Waals surface area contributed by atoms with Crippen LogP contribution in [0.1, 0.15) is 12.5 Å². The molecule has 19 heavy (non-hydrogen) atoms. The summed E-state index contributed by atoms with van der Waals surface area (Å²) in [5.41, 5.74) is 4.76. The van der Waals surface area contributed by atoms with Crippen molar-refractivity contribution in [3.05, 3.63) is 66.4 Å². The highest BCUT2D eigenvalue weighted by atomic mass is 14.8. The molecule has 0 fully saturated rings. The minimum absolute atomic E-state index is 1.05. The van der Waals surface area contributed by atoms with E-state index < -0.39 is 0 Å². The van der Waals surface area contributed by atoms with Crippen LogP contribution in [0.2, 0.25) is 0 Å². The van der Waals surface area contributed by atoms with Gasteiger partial charge < -0.3 is 10.7 Å². The molecule has 2 aromatic carbocycles. The highest BCUT2D eigenvalue weighted by Gasteiger charge is 2.02. The van der Waals surface area contributed by atoms with Crippen molar-refractivity contribution < 1.29 is 0 Å². The standard InChI is InChI=1S/C17H18N2/c1-2-14-8-10-15(11-9-14)16-6-3-4-7-17(16)19-13-5-12-18/h3-13,18-19H,2H2,1H3/b13-5-,18-12?. The second-order valence-electron chi connectivity index (χ2n) is 4.27. The summed E-state index contributed by atoms with van der Waals surface area (Å²) < 4.78 is 0. The third kappa shape index (κ3) is 3.32. The quantitative estimate of drug-likeness (QED) is 0.753. The number of hydrogen-bond donors (Lipinski definition) is 2. The molecule has 0 saturated heterocycles. The zero-order chi connectivity index (χ0) is 13.5. The Labute approximate surface area is 114 Å². The number of para-hydroxylation sites is 1. The van der Waals surface area contributed by atoms with Gasteiger partial charge in [0.1, 0.15) is 0 Å². The number of hydrogen-bond acceptors (Lipinski definition) is 2. The molecule has 2 rings (SSSR count). The molecule has 0 aliphatic rings. The molecule has 2 nitrogen and oxygen atoms in total. The molecule has 0 aliphatic carbocycles. The van der Waals surface area contributed by atoms with Gasteiger partial charge in [0, 0.05) is 23.7 Å². The molecule has 0 spiro atoms. The van der Waals surface area contributed by atoms with Crippen molar-refractivity contribution in [2.24, 2.45) is 0 Å². The number of benzene rings is 2. The van der Waals surface area contributed by atoms with Gasteiger partial charge in [-0.25, -0.2) is 0 Å². The average Bonchev–Trinajstić information content (AvgIpc) is 2.48. The van der Waals surface area contributed by atoms with E-state index in [9.17, 15) is 0 Å². The third-order valence-electron chi connectivity index (χ3n) is 3.03. The average molecular weight is 250 g/mol. The highest BCUT2D eigenvalue weighted by Crippen LogP contribution is 2.28. The van der Waals surface area contributed by atoms with Gasteiger partial charge in [-0.05, 0) is 29.7 Å². The van der Waals surface area contributed by atoms with E-state index in [1.807, 2.05) is 18.2 Å². The van der Waals surface area contributed by atoms with Crippen molar-refractivity contribution in [2.75, 3.05) is 5.32 Å². The monoisotopic (exact) mass is 250 g/mol. The first kappa shape index (κ1) is 13.1. The Bertz CT molecular complexity index is 568. The van der Waals surface area contributed by atoms with Crippen molar-refractivity contribution in [3.8, 4) is 11.1 Å². The summed E-state index contributed by atoms with van der Waals surface area (Å²) in [7, 11) is 0. The third-order valence-corrected chi connectivity index (χ3v) is 3.03. The maximum atomic E-state index is 6.98. The van der Waals surface area contributed by atoms with Gasteiger partial charge in [0.15, 0.2) is 0 Å². The Kier molecular flexibility index (Phi) is 4.51. The van der Waals surface area contributed by atoms with Crippen LogP contribution in [-0.2, 0) is 6.42 Å². The summed E-state index contributed by atoms with van der Waals surface area (Å²) in [6.45, 7) is 2.16. The Morgan fingerprint density at radius 2 is 1.79 bits per heavy atom. The second-order valence-corrected chi connectivity index (χ2v) is 4.27. The Balaban J connectivity index is 2.32. The highest BCUT2D eigenvalue weighted by molar-refractivity contribution is 5.79. The lowest BCUT2D eigenvalue weighted by atomic mass is 10.0. The van der Waals surface area contributed by atoms with Crippen molar-refractivity contribution in [1.82, 2.24) is 0 Å². The second kappa shape index (κ2) is 6.55. The smallest absolute Gasteiger partial charge is 0.0459 e. The molecular weight excluding hydrogens is 232 g/mol. The van der Waals surface area contributed by atoms with Gasteiger partial charge >= 0.3 is 0 Å². The van der Waals surface area contributed by atoms with Gasteiger partial charge in [-0.2, -0.15) is 0 Å². The van der Waals surface area contributed by atoms with Crippen LogP contribution in [0.25, 0.3) is 11.1 Å². The van der Waals surface area contributed by atoms with E-state index >= 15 is 0 Å². The SMILES string of the molecule is CCc1ccc(-c2ccccc2N/C=C\C=N)cc1. The number of aryl methyl sites for hydroxylation is 1. The van der Waals surface area contributed by atoms with E-state index in [-0.39, 0.29) is 0 Å². The summed E-state index contributed by atoms with van der Waals surface area (Å²) in [5.74, 6) is 0. The van der Waals surface area contributed by atoms with Crippen molar-refractivity contribution >= 4 is 11.9 Å². The molecule has 0 aromatic heterocycles.